The Morgan fingerprint density at radius 3 is 2.87 bits per heavy atom. The normalized spacial score (nSPS) is 28.3. The molecule has 2 unspecified atom stereocenters. The maximum atomic E-state index is 11.3. The predicted octanol–water partition coefficient (Wildman–Crippen LogP) is 2.01. The van der Waals surface area contributed by atoms with Crippen LogP contribution in [0.1, 0.15) is 6.92 Å². The van der Waals surface area contributed by atoms with Gasteiger partial charge in [0.25, 0.3) is 0 Å². The highest BCUT2D eigenvalue weighted by molar-refractivity contribution is 6.30. The summed E-state index contributed by atoms with van der Waals surface area (Å²) in [6.45, 7) is 1.55. The standard InChI is InChI=1S/C11H12ClNO2/c1-7(14)13-6-5-8-9(13)3-4-10(15-2)11(8)12/h3-6,8-9H,1-2H3. The smallest absolute Gasteiger partial charge is 0.223 e. The van der Waals surface area contributed by atoms with Gasteiger partial charge in [-0.15, -0.1) is 0 Å². The van der Waals surface area contributed by atoms with Crippen LogP contribution >= 0.6 is 11.6 Å². The monoisotopic (exact) mass is 225 g/mol. The molecule has 1 aliphatic heterocycles. The first kappa shape index (κ1) is 10.3. The largest absolute Gasteiger partial charge is 0.496 e. The van der Waals surface area contributed by atoms with Crippen LogP contribution in [0.5, 0.6) is 0 Å². The van der Waals surface area contributed by atoms with Crippen molar-refractivity contribution in [3.8, 4) is 0 Å². The maximum absolute atomic E-state index is 11.3. The van der Waals surface area contributed by atoms with Crippen LogP contribution in [-0.2, 0) is 9.53 Å². The average molecular weight is 226 g/mol. The van der Waals surface area contributed by atoms with Crippen LogP contribution in [0.25, 0.3) is 0 Å². The second kappa shape index (κ2) is 3.74. The quantitative estimate of drug-likeness (QED) is 0.683. The van der Waals surface area contributed by atoms with Gasteiger partial charge in [0.1, 0.15) is 5.76 Å². The molecule has 0 fully saturated rings. The summed E-state index contributed by atoms with van der Waals surface area (Å²) >= 11 is 6.17. The van der Waals surface area contributed by atoms with Crippen LogP contribution in [0.3, 0.4) is 0 Å². The summed E-state index contributed by atoms with van der Waals surface area (Å²) in [5.41, 5.74) is 0. The van der Waals surface area contributed by atoms with Crippen molar-refractivity contribution in [2.45, 2.75) is 13.0 Å². The number of allylic oxidation sites excluding steroid dienone is 1. The van der Waals surface area contributed by atoms with Crippen molar-refractivity contribution in [2.24, 2.45) is 5.92 Å². The summed E-state index contributed by atoms with van der Waals surface area (Å²) in [4.78, 5) is 13.0. The highest BCUT2D eigenvalue weighted by atomic mass is 35.5. The number of ether oxygens (including phenoxy) is 1. The van der Waals surface area contributed by atoms with E-state index in [-0.39, 0.29) is 17.9 Å². The molecule has 1 heterocycles. The lowest BCUT2D eigenvalue weighted by Crippen LogP contribution is -2.35. The molecule has 4 heteroatoms. The van der Waals surface area contributed by atoms with E-state index in [0.717, 1.165) is 0 Å². The molecule has 0 N–H and O–H groups in total. The molecule has 0 aromatic rings. The minimum absolute atomic E-state index is 0.00824. The van der Waals surface area contributed by atoms with E-state index in [2.05, 4.69) is 0 Å². The molecule has 1 aliphatic carbocycles. The Morgan fingerprint density at radius 1 is 1.53 bits per heavy atom. The van der Waals surface area contributed by atoms with E-state index in [4.69, 9.17) is 16.3 Å². The van der Waals surface area contributed by atoms with Crippen molar-refractivity contribution >= 4 is 17.5 Å². The van der Waals surface area contributed by atoms with Crippen LogP contribution in [0.15, 0.2) is 35.2 Å². The summed E-state index contributed by atoms with van der Waals surface area (Å²) in [6, 6.07) is 0.00824. The van der Waals surface area contributed by atoms with E-state index in [1.54, 1.807) is 25.1 Å². The molecule has 0 radical (unpaired) electrons. The van der Waals surface area contributed by atoms with Gasteiger partial charge in [-0.3, -0.25) is 4.79 Å². The highest BCUT2D eigenvalue weighted by Gasteiger charge is 2.35. The van der Waals surface area contributed by atoms with Crippen molar-refractivity contribution in [1.82, 2.24) is 4.90 Å². The third-order valence-electron chi connectivity index (χ3n) is 2.70. The first-order valence-electron chi connectivity index (χ1n) is 4.74. The van der Waals surface area contributed by atoms with E-state index in [1.807, 2.05) is 18.2 Å². The summed E-state index contributed by atoms with van der Waals surface area (Å²) < 4.78 is 5.13. The van der Waals surface area contributed by atoms with Crippen molar-refractivity contribution < 1.29 is 9.53 Å². The molecule has 1 amide bonds. The molecule has 0 aromatic heterocycles. The minimum Gasteiger partial charge on any atom is -0.496 e. The first-order valence-corrected chi connectivity index (χ1v) is 5.12. The van der Waals surface area contributed by atoms with Gasteiger partial charge >= 0.3 is 0 Å². The average Bonchev–Trinajstić information content (AvgIpc) is 2.62. The molecule has 0 saturated carbocycles. The molecule has 0 spiro atoms. The maximum Gasteiger partial charge on any atom is 0.223 e. The zero-order valence-corrected chi connectivity index (χ0v) is 9.36. The van der Waals surface area contributed by atoms with Crippen LogP contribution in [-0.4, -0.2) is 24.0 Å². The van der Waals surface area contributed by atoms with Gasteiger partial charge < -0.3 is 9.64 Å². The number of hydrogen-bond donors (Lipinski definition) is 0. The van der Waals surface area contributed by atoms with E-state index >= 15 is 0 Å². The molecular weight excluding hydrogens is 214 g/mol. The van der Waals surface area contributed by atoms with Crippen molar-refractivity contribution in [2.75, 3.05) is 7.11 Å². The lowest BCUT2D eigenvalue weighted by molar-refractivity contribution is -0.127. The Kier molecular flexibility index (Phi) is 2.57. The number of rotatable bonds is 1. The minimum atomic E-state index is 0.00824. The van der Waals surface area contributed by atoms with Crippen molar-refractivity contribution in [3.05, 3.63) is 35.2 Å². The predicted molar refractivity (Wildman–Crippen MR) is 58.0 cm³/mol. The van der Waals surface area contributed by atoms with Gasteiger partial charge in [0.2, 0.25) is 5.91 Å². The van der Waals surface area contributed by atoms with Crippen molar-refractivity contribution in [3.63, 3.8) is 0 Å². The van der Waals surface area contributed by atoms with Gasteiger partial charge in [-0.2, -0.15) is 0 Å². The fraction of sp³-hybridized carbons (Fsp3) is 0.364. The second-order valence-electron chi connectivity index (χ2n) is 3.56. The fourth-order valence-electron chi connectivity index (χ4n) is 1.93. The van der Waals surface area contributed by atoms with Gasteiger partial charge in [0.05, 0.1) is 18.2 Å². The molecule has 0 aromatic carbocycles. The summed E-state index contributed by atoms with van der Waals surface area (Å²) in [6.07, 6.45) is 7.46. The lowest BCUT2D eigenvalue weighted by atomic mass is 9.96. The van der Waals surface area contributed by atoms with Crippen LogP contribution in [0.2, 0.25) is 0 Å². The highest BCUT2D eigenvalue weighted by Crippen LogP contribution is 2.36. The number of carbonyl (C=O) groups is 1. The lowest BCUT2D eigenvalue weighted by Gasteiger charge is -2.27. The topological polar surface area (TPSA) is 29.5 Å². The zero-order chi connectivity index (χ0) is 11.0. The second-order valence-corrected chi connectivity index (χ2v) is 3.97. The number of hydrogen-bond acceptors (Lipinski definition) is 2. The van der Waals surface area contributed by atoms with E-state index in [1.165, 1.54) is 0 Å². The number of amides is 1. The number of carbonyl (C=O) groups excluding carboxylic acids is 1. The Hall–Kier alpha value is -1.22. The van der Waals surface area contributed by atoms with Gasteiger partial charge in [-0.1, -0.05) is 23.8 Å². The molecule has 80 valence electrons. The Labute approximate surface area is 93.6 Å². The summed E-state index contributed by atoms with van der Waals surface area (Å²) in [5, 5.41) is 0.657. The summed E-state index contributed by atoms with van der Waals surface area (Å²) in [7, 11) is 1.59. The molecule has 0 saturated heterocycles. The van der Waals surface area contributed by atoms with E-state index in [9.17, 15) is 4.79 Å². The fourth-order valence-corrected chi connectivity index (χ4v) is 2.27. The Bertz CT molecular complexity index is 384. The van der Waals surface area contributed by atoms with E-state index in [0.29, 0.717) is 10.8 Å². The van der Waals surface area contributed by atoms with Crippen molar-refractivity contribution in [1.29, 1.82) is 0 Å². The zero-order valence-electron chi connectivity index (χ0n) is 8.61. The molecular formula is C11H12ClNO2. The number of nitrogens with zero attached hydrogens (tertiary/aromatic N) is 1. The summed E-state index contributed by atoms with van der Waals surface area (Å²) in [5.74, 6) is 0.734. The number of methoxy groups -OCH3 is 1. The third kappa shape index (κ3) is 1.57. The molecule has 2 atom stereocenters. The number of halogens is 1. The molecule has 3 nitrogen and oxygen atoms in total. The molecule has 15 heavy (non-hydrogen) atoms. The molecule has 0 bridgehead atoms. The first-order chi connectivity index (χ1) is 7.15. The van der Waals surface area contributed by atoms with Crippen LogP contribution in [0.4, 0.5) is 0 Å². The van der Waals surface area contributed by atoms with Crippen LogP contribution < -0.4 is 0 Å². The van der Waals surface area contributed by atoms with Gasteiger partial charge in [0, 0.05) is 19.0 Å². The molecule has 2 rings (SSSR count). The molecule has 2 aliphatic rings. The van der Waals surface area contributed by atoms with Crippen LogP contribution in [0, 0.1) is 5.92 Å². The Morgan fingerprint density at radius 2 is 2.27 bits per heavy atom. The van der Waals surface area contributed by atoms with Gasteiger partial charge in [0.15, 0.2) is 0 Å². The van der Waals surface area contributed by atoms with E-state index < -0.39 is 0 Å². The number of fused-ring (bicyclic) bond motifs is 1. The Balaban J connectivity index is 2.30. The SMILES string of the molecule is COC1=C(Cl)C2C=CN(C(C)=O)C2C=C1. The van der Waals surface area contributed by atoms with Gasteiger partial charge in [-0.25, -0.2) is 0 Å². The third-order valence-corrected chi connectivity index (χ3v) is 3.14. The van der Waals surface area contributed by atoms with Gasteiger partial charge in [-0.05, 0) is 6.08 Å².